The van der Waals surface area contributed by atoms with E-state index in [0.717, 1.165) is 6.42 Å². The van der Waals surface area contributed by atoms with E-state index in [4.69, 9.17) is 14.2 Å². The van der Waals surface area contributed by atoms with E-state index in [1.807, 2.05) is 22.6 Å². The molecule has 4 nitrogen and oxygen atoms in total. The molecule has 2 fully saturated rings. The third kappa shape index (κ3) is 3.24. The summed E-state index contributed by atoms with van der Waals surface area (Å²) in [6.07, 6.45) is 3.23. The highest BCUT2D eigenvalue weighted by molar-refractivity contribution is 14.1. The van der Waals surface area contributed by atoms with Crippen LogP contribution in [0.2, 0.25) is 0 Å². The molecule has 1 saturated heterocycles. The van der Waals surface area contributed by atoms with Crippen LogP contribution in [0.5, 0.6) is 0 Å². The van der Waals surface area contributed by atoms with Gasteiger partial charge in [-0.25, -0.2) is 0 Å². The molecule has 2 rings (SSSR count). The normalized spacial score (nSPS) is 38.5. The Labute approximate surface area is 128 Å². The van der Waals surface area contributed by atoms with Crippen molar-refractivity contribution in [3.8, 4) is 0 Å². The quantitative estimate of drug-likeness (QED) is 0.365. The van der Waals surface area contributed by atoms with E-state index in [0.29, 0.717) is 10.5 Å². The van der Waals surface area contributed by atoms with Crippen molar-refractivity contribution in [1.82, 2.24) is 0 Å². The molecule has 0 aromatic rings. The van der Waals surface area contributed by atoms with Crippen LogP contribution in [-0.4, -0.2) is 38.9 Å². The van der Waals surface area contributed by atoms with Gasteiger partial charge in [-0.3, -0.25) is 4.79 Å². The van der Waals surface area contributed by atoms with Gasteiger partial charge in [0.05, 0.1) is 18.8 Å². The SMILES string of the molecule is CCOC(=O)C(I)C1OC2CCCC(I)C2O1. The van der Waals surface area contributed by atoms with Gasteiger partial charge in [0.25, 0.3) is 0 Å². The average Bonchev–Trinajstić information content (AvgIpc) is 2.73. The number of fused-ring (bicyclic) bond motifs is 1. The molecule has 5 unspecified atom stereocenters. The predicted octanol–water partition coefficient (Wildman–Crippen LogP) is 2.45. The van der Waals surface area contributed by atoms with Gasteiger partial charge in [0.15, 0.2) is 10.2 Å². The Morgan fingerprint density at radius 1 is 1.47 bits per heavy atom. The summed E-state index contributed by atoms with van der Waals surface area (Å²) in [5.41, 5.74) is 0. The topological polar surface area (TPSA) is 44.8 Å². The first kappa shape index (κ1) is 14.3. The van der Waals surface area contributed by atoms with E-state index in [1.54, 1.807) is 6.92 Å². The molecule has 0 bridgehead atoms. The summed E-state index contributed by atoms with van der Waals surface area (Å²) in [4.78, 5) is 11.6. The number of hydrogen-bond donors (Lipinski definition) is 0. The van der Waals surface area contributed by atoms with Gasteiger partial charge in [-0.15, -0.1) is 0 Å². The predicted molar refractivity (Wildman–Crippen MR) is 79.6 cm³/mol. The Bertz CT molecular complexity index is 287. The highest BCUT2D eigenvalue weighted by Gasteiger charge is 2.46. The maximum atomic E-state index is 11.6. The molecule has 2 aliphatic rings. The zero-order valence-electron chi connectivity index (χ0n) is 9.60. The maximum absolute atomic E-state index is 11.6. The number of carbonyl (C=O) groups is 1. The Hall–Kier alpha value is 0.850. The van der Waals surface area contributed by atoms with Crippen LogP contribution in [0.3, 0.4) is 0 Å². The molecule has 0 radical (unpaired) electrons. The minimum absolute atomic E-state index is 0.140. The summed E-state index contributed by atoms with van der Waals surface area (Å²) < 4.78 is 16.8. The van der Waals surface area contributed by atoms with Crippen molar-refractivity contribution in [2.45, 2.75) is 52.5 Å². The van der Waals surface area contributed by atoms with E-state index in [-0.39, 0.29) is 22.1 Å². The van der Waals surface area contributed by atoms with Crippen molar-refractivity contribution in [3.05, 3.63) is 0 Å². The molecular weight excluding hydrogens is 450 g/mol. The number of esters is 1. The number of rotatable bonds is 3. The van der Waals surface area contributed by atoms with Crippen molar-refractivity contribution < 1.29 is 19.0 Å². The van der Waals surface area contributed by atoms with Gasteiger partial charge in [-0.05, 0) is 26.2 Å². The fourth-order valence-electron chi connectivity index (χ4n) is 2.22. The number of hydrogen-bond acceptors (Lipinski definition) is 4. The number of ether oxygens (including phenoxy) is 3. The first-order chi connectivity index (χ1) is 8.13. The lowest BCUT2D eigenvalue weighted by Gasteiger charge is -2.26. The molecule has 0 aromatic carbocycles. The lowest BCUT2D eigenvalue weighted by atomic mass is 9.95. The Balaban J connectivity index is 1.94. The summed E-state index contributed by atoms with van der Waals surface area (Å²) >= 11 is 4.46. The Morgan fingerprint density at radius 2 is 2.24 bits per heavy atom. The summed E-state index contributed by atoms with van der Waals surface area (Å²) in [6.45, 7) is 2.20. The summed E-state index contributed by atoms with van der Waals surface area (Å²) in [6, 6.07) is 0. The van der Waals surface area contributed by atoms with Gasteiger partial charge in [0.1, 0.15) is 0 Å². The van der Waals surface area contributed by atoms with E-state index >= 15 is 0 Å². The monoisotopic (exact) mass is 466 g/mol. The van der Waals surface area contributed by atoms with Crippen molar-refractivity contribution in [3.63, 3.8) is 0 Å². The van der Waals surface area contributed by atoms with E-state index < -0.39 is 6.29 Å². The van der Waals surface area contributed by atoms with Gasteiger partial charge in [-0.1, -0.05) is 45.2 Å². The number of alkyl halides is 2. The van der Waals surface area contributed by atoms with Gasteiger partial charge < -0.3 is 14.2 Å². The van der Waals surface area contributed by atoms with E-state index in [2.05, 4.69) is 22.6 Å². The molecule has 1 heterocycles. The Morgan fingerprint density at radius 3 is 2.88 bits per heavy atom. The molecule has 5 atom stereocenters. The van der Waals surface area contributed by atoms with Crippen LogP contribution in [0.1, 0.15) is 26.2 Å². The van der Waals surface area contributed by atoms with Crippen LogP contribution >= 0.6 is 45.2 Å². The highest BCUT2D eigenvalue weighted by atomic mass is 127. The van der Waals surface area contributed by atoms with Crippen molar-refractivity contribution in [2.24, 2.45) is 0 Å². The van der Waals surface area contributed by atoms with Crippen LogP contribution in [0.4, 0.5) is 0 Å². The van der Waals surface area contributed by atoms with Crippen LogP contribution in [-0.2, 0) is 19.0 Å². The fourth-order valence-corrected chi connectivity index (χ4v) is 3.82. The molecule has 0 aromatic heterocycles. The lowest BCUT2D eigenvalue weighted by molar-refractivity contribution is -0.150. The molecular formula is C11H16I2O4. The van der Waals surface area contributed by atoms with Crippen molar-refractivity contribution >= 4 is 51.2 Å². The van der Waals surface area contributed by atoms with Crippen LogP contribution in [0.15, 0.2) is 0 Å². The number of carbonyl (C=O) groups excluding carboxylic acids is 1. The molecule has 6 heteroatoms. The van der Waals surface area contributed by atoms with Gasteiger partial charge in [-0.2, -0.15) is 0 Å². The van der Waals surface area contributed by atoms with E-state index in [9.17, 15) is 4.79 Å². The van der Waals surface area contributed by atoms with Gasteiger partial charge in [0, 0.05) is 3.92 Å². The molecule has 1 aliphatic heterocycles. The van der Waals surface area contributed by atoms with Crippen molar-refractivity contribution in [1.29, 1.82) is 0 Å². The van der Waals surface area contributed by atoms with Gasteiger partial charge >= 0.3 is 5.97 Å². The molecule has 0 N–H and O–H groups in total. The second kappa shape index (κ2) is 6.33. The van der Waals surface area contributed by atoms with Crippen LogP contribution in [0, 0.1) is 0 Å². The second-order valence-corrected chi connectivity index (χ2v) is 7.19. The number of halogens is 2. The second-order valence-electron chi connectivity index (χ2n) is 4.24. The first-order valence-electron chi connectivity index (χ1n) is 5.89. The summed E-state index contributed by atoms with van der Waals surface area (Å²) in [7, 11) is 0. The molecule has 0 spiro atoms. The first-order valence-corrected chi connectivity index (χ1v) is 8.38. The minimum atomic E-state index is -0.444. The van der Waals surface area contributed by atoms with Crippen LogP contribution in [0.25, 0.3) is 0 Å². The molecule has 0 amide bonds. The largest absolute Gasteiger partial charge is 0.465 e. The molecule has 98 valence electrons. The zero-order valence-corrected chi connectivity index (χ0v) is 13.9. The smallest absolute Gasteiger partial charge is 0.324 e. The highest BCUT2D eigenvalue weighted by Crippen LogP contribution is 2.37. The van der Waals surface area contributed by atoms with Gasteiger partial charge in [0.2, 0.25) is 0 Å². The molecule has 1 saturated carbocycles. The maximum Gasteiger partial charge on any atom is 0.324 e. The zero-order chi connectivity index (χ0) is 12.4. The molecule has 17 heavy (non-hydrogen) atoms. The summed E-state index contributed by atoms with van der Waals surface area (Å²) in [5.74, 6) is -0.248. The van der Waals surface area contributed by atoms with Crippen molar-refractivity contribution in [2.75, 3.05) is 6.61 Å². The lowest BCUT2D eigenvalue weighted by Crippen LogP contribution is -2.35. The Kier molecular flexibility index (Phi) is 5.32. The standard InChI is InChI=1S/C11H16I2O4/c1-2-15-10(14)8(13)11-16-7-5-3-4-6(12)9(7)17-11/h6-9,11H,2-5H2,1H3. The summed E-state index contributed by atoms with van der Waals surface area (Å²) in [5, 5.41) is 0. The third-order valence-corrected chi connectivity index (χ3v) is 5.47. The average molecular weight is 466 g/mol. The van der Waals surface area contributed by atoms with Crippen LogP contribution < -0.4 is 0 Å². The van der Waals surface area contributed by atoms with E-state index in [1.165, 1.54) is 12.8 Å². The third-order valence-electron chi connectivity index (χ3n) is 3.04. The fraction of sp³-hybridized carbons (Fsp3) is 0.909. The minimum Gasteiger partial charge on any atom is -0.465 e. The molecule has 1 aliphatic carbocycles.